The van der Waals surface area contributed by atoms with Gasteiger partial charge in [-0.05, 0) is 12.1 Å². The largest absolute Gasteiger partial charge is 0.308 e. The number of nitrogens with zero attached hydrogens (tertiary/aromatic N) is 3. The normalized spacial score (nSPS) is 11.1. The van der Waals surface area contributed by atoms with E-state index in [1.807, 2.05) is 40.7 Å². The predicted octanol–water partition coefficient (Wildman–Crippen LogP) is 2.08. The van der Waals surface area contributed by atoms with Crippen molar-refractivity contribution in [3.8, 4) is 0 Å². The number of thiazole rings is 1. The standard InChI is InChI=1S/C12H12N4S/c1-2-4-16-12(3-1)10(6-15-16)5-13-7-11-8-14-9-17-11/h1-4,6,8-9,13H,5,7H2. The van der Waals surface area contributed by atoms with E-state index in [9.17, 15) is 0 Å². The Morgan fingerprint density at radius 1 is 1.24 bits per heavy atom. The first kappa shape index (κ1) is 10.4. The van der Waals surface area contributed by atoms with Gasteiger partial charge in [0, 0.05) is 35.9 Å². The number of rotatable bonds is 4. The molecule has 0 spiro atoms. The van der Waals surface area contributed by atoms with E-state index in [2.05, 4.69) is 21.5 Å². The summed E-state index contributed by atoms with van der Waals surface area (Å²) >= 11 is 1.67. The zero-order valence-electron chi connectivity index (χ0n) is 9.21. The molecule has 0 aliphatic heterocycles. The molecule has 0 amide bonds. The van der Waals surface area contributed by atoms with Crippen LogP contribution in [0, 0.1) is 0 Å². The first-order chi connectivity index (χ1) is 8.43. The summed E-state index contributed by atoms with van der Waals surface area (Å²) in [5, 5.41) is 7.70. The Morgan fingerprint density at radius 2 is 2.24 bits per heavy atom. The molecule has 0 aromatic carbocycles. The van der Waals surface area contributed by atoms with Crippen LogP contribution in [0.15, 0.2) is 42.3 Å². The Hall–Kier alpha value is -1.72. The van der Waals surface area contributed by atoms with Crippen molar-refractivity contribution < 1.29 is 0 Å². The minimum absolute atomic E-state index is 0.825. The van der Waals surface area contributed by atoms with Crippen molar-refractivity contribution >= 4 is 16.9 Å². The zero-order valence-corrected chi connectivity index (χ0v) is 10.0. The van der Waals surface area contributed by atoms with Gasteiger partial charge in [-0.1, -0.05) is 6.07 Å². The molecule has 0 unspecified atom stereocenters. The van der Waals surface area contributed by atoms with Crippen molar-refractivity contribution in [3.63, 3.8) is 0 Å². The number of aromatic nitrogens is 3. The maximum Gasteiger partial charge on any atom is 0.0794 e. The summed E-state index contributed by atoms with van der Waals surface area (Å²) in [4.78, 5) is 5.30. The number of hydrogen-bond donors (Lipinski definition) is 1. The van der Waals surface area contributed by atoms with Gasteiger partial charge in [-0.3, -0.25) is 4.98 Å². The second kappa shape index (κ2) is 4.65. The Bertz CT molecular complexity index is 600. The molecule has 0 bridgehead atoms. The van der Waals surface area contributed by atoms with E-state index < -0.39 is 0 Å². The molecule has 0 aliphatic rings. The van der Waals surface area contributed by atoms with Crippen LogP contribution < -0.4 is 5.32 Å². The lowest BCUT2D eigenvalue weighted by atomic mass is 10.2. The van der Waals surface area contributed by atoms with Gasteiger partial charge in [0.1, 0.15) is 0 Å². The molecule has 1 N–H and O–H groups in total. The highest BCUT2D eigenvalue weighted by molar-refractivity contribution is 7.09. The van der Waals surface area contributed by atoms with Crippen LogP contribution in [0.4, 0.5) is 0 Å². The van der Waals surface area contributed by atoms with Gasteiger partial charge in [0.2, 0.25) is 0 Å². The molecule has 3 aromatic rings. The maximum atomic E-state index is 4.30. The molecule has 0 radical (unpaired) electrons. The highest BCUT2D eigenvalue weighted by atomic mass is 32.1. The van der Waals surface area contributed by atoms with E-state index >= 15 is 0 Å². The molecule has 0 atom stereocenters. The van der Waals surface area contributed by atoms with Crippen LogP contribution in [-0.4, -0.2) is 14.6 Å². The summed E-state index contributed by atoms with van der Waals surface area (Å²) in [6, 6.07) is 6.09. The Labute approximate surface area is 103 Å². The molecule has 3 heterocycles. The number of hydrogen-bond acceptors (Lipinski definition) is 4. The second-order valence-corrected chi connectivity index (χ2v) is 4.74. The van der Waals surface area contributed by atoms with Gasteiger partial charge in [0.25, 0.3) is 0 Å². The van der Waals surface area contributed by atoms with E-state index in [0.717, 1.165) is 18.6 Å². The van der Waals surface area contributed by atoms with Crippen molar-refractivity contribution in [2.45, 2.75) is 13.1 Å². The van der Waals surface area contributed by atoms with Crippen LogP contribution >= 0.6 is 11.3 Å². The molecule has 0 fully saturated rings. The Balaban J connectivity index is 1.69. The topological polar surface area (TPSA) is 42.2 Å². The molecular weight excluding hydrogens is 232 g/mol. The molecule has 86 valence electrons. The number of fused-ring (bicyclic) bond motifs is 1. The highest BCUT2D eigenvalue weighted by Crippen LogP contribution is 2.10. The van der Waals surface area contributed by atoms with Crippen LogP contribution in [0.2, 0.25) is 0 Å². The van der Waals surface area contributed by atoms with Gasteiger partial charge in [-0.15, -0.1) is 11.3 Å². The SMILES string of the molecule is c1ccn2ncc(CNCc3cncs3)c2c1. The van der Waals surface area contributed by atoms with E-state index in [0.29, 0.717) is 0 Å². The van der Waals surface area contributed by atoms with Gasteiger partial charge in [-0.25, -0.2) is 4.52 Å². The zero-order chi connectivity index (χ0) is 11.5. The molecule has 17 heavy (non-hydrogen) atoms. The third-order valence-electron chi connectivity index (χ3n) is 2.60. The second-order valence-electron chi connectivity index (χ2n) is 3.77. The maximum absolute atomic E-state index is 4.30. The molecular formula is C12H12N4S. The Morgan fingerprint density at radius 3 is 3.12 bits per heavy atom. The van der Waals surface area contributed by atoms with E-state index in [4.69, 9.17) is 0 Å². The van der Waals surface area contributed by atoms with Gasteiger partial charge >= 0.3 is 0 Å². The van der Waals surface area contributed by atoms with E-state index in [-0.39, 0.29) is 0 Å². The van der Waals surface area contributed by atoms with Gasteiger partial charge in [0.05, 0.1) is 17.2 Å². The van der Waals surface area contributed by atoms with Crippen molar-refractivity contribution in [3.05, 3.63) is 52.7 Å². The molecule has 0 aliphatic carbocycles. The number of pyridine rings is 1. The lowest BCUT2D eigenvalue weighted by molar-refractivity contribution is 0.703. The summed E-state index contributed by atoms with van der Waals surface area (Å²) in [5.41, 5.74) is 4.23. The molecule has 5 heteroatoms. The average molecular weight is 244 g/mol. The summed E-state index contributed by atoms with van der Waals surface area (Å²) in [7, 11) is 0. The summed E-state index contributed by atoms with van der Waals surface area (Å²) < 4.78 is 1.89. The third-order valence-corrected chi connectivity index (χ3v) is 3.38. The van der Waals surface area contributed by atoms with Crippen LogP contribution in [0.25, 0.3) is 5.52 Å². The lowest BCUT2D eigenvalue weighted by Crippen LogP contribution is -2.11. The average Bonchev–Trinajstić information content (AvgIpc) is 2.99. The van der Waals surface area contributed by atoms with Crippen LogP contribution in [0.5, 0.6) is 0 Å². The van der Waals surface area contributed by atoms with E-state index in [1.54, 1.807) is 11.3 Å². The van der Waals surface area contributed by atoms with Gasteiger partial charge in [-0.2, -0.15) is 5.10 Å². The van der Waals surface area contributed by atoms with Crippen molar-refractivity contribution in [2.75, 3.05) is 0 Å². The summed E-state index contributed by atoms with van der Waals surface area (Å²) in [6.45, 7) is 1.68. The fraction of sp³-hybridized carbons (Fsp3) is 0.167. The van der Waals surface area contributed by atoms with Crippen molar-refractivity contribution in [1.82, 2.24) is 19.9 Å². The number of nitrogens with one attached hydrogen (secondary N) is 1. The van der Waals surface area contributed by atoms with E-state index in [1.165, 1.54) is 10.4 Å². The Kier molecular flexibility index (Phi) is 2.85. The fourth-order valence-electron chi connectivity index (χ4n) is 1.77. The molecule has 0 saturated carbocycles. The lowest BCUT2D eigenvalue weighted by Gasteiger charge is -2.01. The molecule has 0 saturated heterocycles. The first-order valence-electron chi connectivity index (χ1n) is 5.43. The van der Waals surface area contributed by atoms with Gasteiger partial charge < -0.3 is 5.32 Å². The third kappa shape index (κ3) is 2.20. The minimum atomic E-state index is 0.825. The van der Waals surface area contributed by atoms with Crippen LogP contribution in [0.3, 0.4) is 0 Å². The molecule has 3 rings (SSSR count). The highest BCUT2D eigenvalue weighted by Gasteiger charge is 2.02. The van der Waals surface area contributed by atoms with Crippen LogP contribution in [0.1, 0.15) is 10.4 Å². The first-order valence-corrected chi connectivity index (χ1v) is 6.31. The smallest absolute Gasteiger partial charge is 0.0794 e. The monoisotopic (exact) mass is 244 g/mol. The summed E-state index contributed by atoms with van der Waals surface area (Å²) in [5.74, 6) is 0. The molecule has 3 aromatic heterocycles. The fourth-order valence-corrected chi connectivity index (χ4v) is 2.34. The minimum Gasteiger partial charge on any atom is -0.308 e. The summed E-state index contributed by atoms with van der Waals surface area (Å²) in [6.07, 6.45) is 5.77. The predicted molar refractivity (Wildman–Crippen MR) is 67.8 cm³/mol. The van der Waals surface area contributed by atoms with Crippen LogP contribution in [-0.2, 0) is 13.1 Å². The quantitative estimate of drug-likeness (QED) is 0.764. The van der Waals surface area contributed by atoms with Crippen molar-refractivity contribution in [1.29, 1.82) is 0 Å². The molecule has 4 nitrogen and oxygen atoms in total. The van der Waals surface area contributed by atoms with Gasteiger partial charge in [0.15, 0.2) is 0 Å². The van der Waals surface area contributed by atoms with Crippen molar-refractivity contribution in [2.24, 2.45) is 0 Å².